The Morgan fingerprint density at radius 2 is 0.794 bits per heavy atom. The lowest BCUT2D eigenvalue weighted by Gasteiger charge is -2.28. The third kappa shape index (κ3) is 39.3. The van der Waals surface area contributed by atoms with Crippen molar-refractivity contribution >= 4 is 7.82 Å². The molecule has 208 valence electrons. The molecular weight excluding hydrogens is 445 g/mol. The maximum absolute atomic E-state index is 10.1. The molecule has 0 saturated carbocycles. The molecular formula is C28H60NO4P-2. The van der Waals surface area contributed by atoms with E-state index in [2.05, 4.69) is 30.6 Å². The Morgan fingerprint density at radius 1 is 0.500 bits per heavy atom. The van der Waals surface area contributed by atoms with E-state index in [1.165, 1.54) is 135 Å². The number of rotatable bonds is 26. The lowest BCUT2D eigenvalue weighted by molar-refractivity contribution is -0.341. The van der Waals surface area contributed by atoms with E-state index in [1.807, 2.05) is 0 Å². The van der Waals surface area contributed by atoms with Gasteiger partial charge in [0.15, 0.2) is 0 Å². The predicted molar refractivity (Wildman–Crippen MR) is 145 cm³/mol. The predicted octanol–water partition coefficient (Wildman–Crippen LogP) is 8.05. The molecule has 0 amide bonds. The third-order valence-corrected chi connectivity index (χ3v) is 6.66. The lowest BCUT2D eigenvalue weighted by Crippen LogP contribution is -2.16. The summed E-state index contributed by atoms with van der Waals surface area (Å²) < 4.78 is 14.3. The second-order valence-electron chi connectivity index (χ2n) is 9.75. The van der Waals surface area contributed by atoms with Crippen LogP contribution in [0.2, 0.25) is 0 Å². The highest BCUT2D eigenvalue weighted by molar-refractivity contribution is 7.43. The fraction of sp³-hybridized carbons (Fsp3) is 1.00. The molecule has 0 aliphatic rings. The van der Waals surface area contributed by atoms with Crippen LogP contribution < -0.4 is 15.1 Å². The minimum Gasteiger partial charge on any atom is -0.790 e. The Bertz CT molecular complexity index is 390. The number of phosphoric ester groups is 1. The van der Waals surface area contributed by atoms with Crippen LogP contribution in [-0.4, -0.2) is 19.7 Å². The summed E-state index contributed by atoms with van der Waals surface area (Å²) in [6.07, 6.45) is 28.6. The van der Waals surface area contributed by atoms with Crippen molar-refractivity contribution in [1.29, 1.82) is 0 Å². The third-order valence-electron chi connectivity index (χ3n) is 6.16. The minimum absolute atomic E-state index is 0.0424. The number of unbranched alkanes of at least 4 members (excludes halogenated alkanes) is 19. The van der Waals surface area contributed by atoms with Crippen LogP contribution >= 0.6 is 7.82 Å². The molecule has 0 aromatic rings. The van der Waals surface area contributed by atoms with Crippen molar-refractivity contribution in [3.63, 3.8) is 0 Å². The van der Waals surface area contributed by atoms with E-state index in [1.54, 1.807) is 0 Å². The monoisotopic (exact) mass is 505 g/mol. The average molecular weight is 506 g/mol. The molecule has 0 fully saturated rings. The van der Waals surface area contributed by atoms with Crippen LogP contribution in [0.3, 0.4) is 0 Å². The van der Waals surface area contributed by atoms with Crippen molar-refractivity contribution < 1.29 is 18.9 Å². The van der Waals surface area contributed by atoms with Gasteiger partial charge in [-0.05, 0) is 32.4 Å². The van der Waals surface area contributed by atoms with Gasteiger partial charge in [-0.25, -0.2) is 0 Å². The van der Waals surface area contributed by atoms with Gasteiger partial charge in [-0.2, -0.15) is 0 Å². The molecule has 0 aliphatic carbocycles. The van der Waals surface area contributed by atoms with Crippen molar-refractivity contribution in [1.82, 2.24) is 5.32 Å². The standard InChI is InChI=1S/C16H35N.C12H27O4P/c1-3-5-7-9-11-13-15-17-16-14-12-10-8-6-4-2;1-2-3-4-5-6-7-8-9-10-11-12-16-17(13,14)15/h17H,3-16H2,1-2H3;2-12H2,1H3,(H2,13,14,15)/p-2. The quantitative estimate of drug-likeness (QED) is 0.0949. The summed E-state index contributed by atoms with van der Waals surface area (Å²) in [4.78, 5) is 20.3. The summed E-state index contributed by atoms with van der Waals surface area (Å²) >= 11 is 0. The van der Waals surface area contributed by atoms with Gasteiger partial charge in [0.1, 0.15) is 0 Å². The highest BCUT2D eigenvalue weighted by Gasteiger charge is 1.95. The largest absolute Gasteiger partial charge is 0.790 e. The average Bonchev–Trinajstić information content (AvgIpc) is 2.80. The van der Waals surface area contributed by atoms with Crippen LogP contribution in [0.5, 0.6) is 0 Å². The summed E-state index contributed by atoms with van der Waals surface area (Å²) in [7, 11) is -4.74. The van der Waals surface area contributed by atoms with Crippen LogP contribution in [0.1, 0.15) is 162 Å². The van der Waals surface area contributed by atoms with Crippen molar-refractivity contribution in [3.05, 3.63) is 0 Å². The van der Waals surface area contributed by atoms with E-state index in [-0.39, 0.29) is 6.61 Å². The number of hydrogen-bond donors (Lipinski definition) is 1. The highest BCUT2D eigenvalue weighted by Crippen LogP contribution is 2.24. The van der Waals surface area contributed by atoms with Gasteiger partial charge in [0.25, 0.3) is 0 Å². The maximum Gasteiger partial charge on any atom is 0.0596 e. The Labute approximate surface area is 213 Å². The van der Waals surface area contributed by atoms with Crippen LogP contribution in [0.4, 0.5) is 0 Å². The number of nitrogens with one attached hydrogen (secondary N) is 1. The van der Waals surface area contributed by atoms with Gasteiger partial charge in [-0.15, -0.1) is 0 Å². The van der Waals surface area contributed by atoms with Gasteiger partial charge in [0, 0.05) is 0 Å². The summed E-state index contributed by atoms with van der Waals surface area (Å²) in [5, 5.41) is 3.57. The molecule has 34 heavy (non-hydrogen) atoms. The Balaban J connectivity index is 0. The van der Waals surface area contributed by atoms with E-state index in [9.17, 15) is 14.4 Å². The number of hydrogen-bond acceptors (Lipinski definition) is 5. The van der Waals surface area contributed by atoms with Crippen molar-refractivity contribution in [3.8, 4) is 0 Å². The molecule has 1 N–H and O–H groups in total. The fourth-order valence-corrected chi connectivity index (χ4v) is 4.30. The minimum atomic E-state index is -4.74. The molecule has 0 atom stereocenters. The molecule has 5 nitrogen and oxygen atoms in total. The molecule has 0 bridgehead atoms. The summed E-state index contributed by atoms with van der Waals surface area (Å²) in [5.74, 6) is 0. The summed E-state index contributed by atoms with van der Waals surface area (Å²) in [6, 6.07) is 0. The molecule has 0 heterocycles. The molecule has 0 unspecified atom stereocenters. The fourth-order valence-electron chi connectivity index (χ4n) is 3.95. The van der Waals surface area contributed by atoms with E-state index in [0.717, 1.165) is 12.8 Å². The highest BCUT2D eigenvalue weighted by atomic mass is 31.2. The van der Waals surface area contributed by atoms with Crippen LogP contribution in [0.25, 0.3) is 0 Å². The molecule has 0 spiro atoms. The smallest absolute Gasteiger partial charge is 0.0596 e. The SMILES string of the molecule is CCCCCCCCCCCCOP(=O)([O-])[O-].CCCCCCCCNCCCCCCCC. The molecule has 0 aromatic heterocycles. The molecule has 0 aromatic carbocycles. The Hall–Kier alpha value is 0.0700. The van der Waals surface area contributed by atoms with Gasteiger partial charge < -0.3 is 24.2 Å². The van der Waals surface area contributed by atoms with Gasteiger partial charge in [0.2, 0.25) is 0 Å². The molecule has 0 rings (SSSR count). The van der Waals surface area contributed by atoms with E-state index >= 15 is 0 Å². The first kappa shape index (κ1) is 36.2. The first-order valence-electron chi connectivity index (χ1n) is 14.8. The molecule has 0 radical (unpaired) electrons. The Morgan fingerprint density at radius 3 is 1.12 bits per heavy atom. The zero-order valence-electron chi connectivity index (χ0n) is 23.3. The second-order valence-corrected chi connectivity index (χ2v) is 10.9. The van der Waals surface area contributed by atoms with Gasteiger partial charge >= 0.3 is 0 Å². The lowest BCUT2D eigenvalue weighted by atomic mass is 10.1. The van der Waals surface area contributed by atoms with Gasteiger partial charge in [-0.3, -0.25) is 0 Å². The topological polar surface area (TPSA) is 84.5 Å². The maximum atomic E-state index is 10.1. The van der Waals surface area contributed by atoms with Gasteiger partial charge in [-0.1, -0.05) is 143 Å². The second kappa shape index (κ2) is 31.1. The van der Waals surface area contributed by atoms with E-state index in [0.29, 0.717) is 6.42 Å². The first-order chi connectivity index (χ1) is 16.5. The zero-order chi connectivity index (χ0) is 25.6. The van der Waals surface area contributed by atoms with E-state index < -0.39 is 7.82 Å². The molecule has 6 heteroatoms. The molecule has 0 saturated heterocycles. The van der Waals surface area contributed by atoms with Crippen molar-refractivity contribution in [2.75, 3.05) is 19.7 Å². The number of phosphoric acid groups is 1. The summed E-state index contributed by atoms with van der Waals surface area (Å²) in [6.45, 7) is 9.29. The van der Waals surface area contributed by atoms with Crippen LogP contribution in [0, 0.1) is 0 Å². The normalized spacial score (nSPS) is 11.4. The van der Waals surface area contributed by atoms with Gasteiger partial charge in [0.05, 0.1) is 14.4 Å². The van der Waals surface area contributed by atoms with Crippen molar-refractivity contribution in [2.45, 2.75) is 162 Å². The van der Waals surface area contributed by atoms with E-state index in [4.69, 9.17) is 0 Å². The van der Waals surface area contributed by atoms with Crippen LogP contribution in [-0.2, 0) is 9.09 Å². The zero-order valence-corrected chi connectivity index (χ0v) is 24.2. The first-order valence-corrected chi connectivity index (χ1v) is 16.3. The Kier molecular flexibility index (Phi) is 33.1. The van der Waals surface area contributed by atoms with Crippen molar-refractivity contribution in [2.24, 2.45) is 0 Å². The van der Waals surface area contributed by atoms with Crippen LogP contribution in [0.15, 0.2) is 0 Å². The summed E-state index contributed by atoms with van der Waals surface area (Å²) in [5.41, 5.74) is 0. The molecule has 0 aliphatic heterocycles.